The molecule has 4 heterocycles. The monoisotopic (exact) mass is 822 g/mol. The van der Waals surface area contributed by atoms with Gasteiger partial charge in [-0.25, -0.2) is 18.6 Å². The van der Waals surface area contributed by atoms with Crippen molar-refractivity contribution in [1.82, 2.24) is 14.8 Å². The van der Waals surface area contributed by atoms with Gasteiger partial charge >= 0.3 is 12.3 Å². The van der Waals surface area contributed by atoms with Gasteiger partial charge in [-0.3, -0.25) is 9.69 Å². The number of ether oxygens (including phenoxy) is 4. The van der Waals surface area contributed by atoms with Crippen molar-refractivity contribution in [3.05, 3.63) is 100 Å². The first-order valence-electron chi connectivity index (χ1n) is 19.5. The van der Waals surface area contributed by atoms with E-state index in [4.69, 9.17) is 18.9 Å². The number of rotatable bonds is 9. The number of halogens is 5. The largest absolute Gasteiger partial charge is 0.497 e. The van der Waals surface area contributed by atoms with Gasteiger partial charge in [0.15, 0.2) is 5.82 Å². The maximum absolute atomic E-state index is 16.6. The van der Waals surface area contributed by atoms with Crippen LogP contribution >= 0.6 is 0 Å². The quantitative estimate of drug-likeness (QED) is 0.154. The standard InChI is InChI=1S/C44H47F5N4O6/c1-8-35-39-33-18-13-27(53(33)42(55)59-43(3,4)5)23-52(39)41(54)31-19-32(45)38(50-40(31)58-35)30-20-34(37(46)24(2)36(30)44(47,48)49)51(21-25-9-14-28(56-6)15-10-25)22-26-11-16-29(57-7)17-12-26/h9-12,14-17,19-20,27,33,35,39H,8,13,18,21-23H2,1-7H3. The lowest BCUT2D eigenvalue weighted by Gasteiger charge is -2.47. The fourth-order valence-corrected chi connectivity index (χ4v) is 8.53. The number of carbonyl (C=O) groups excluding carboxylic acids is 2. The van der Waals surface area contributed by atoms with Crippen LogP contribution < -0.4 is 19.1 Å². The zero-order chi connectivity index (χ0) is 42.6. The summed E-state index contributed by atoms with van der Waals surface area (Å²) in [6.07, 6.45) is -4.93. The van der Waals surface area contributed by atoms with E-state index in [1.807, 2.05) is 6.92 Å². The number of hydrogen-bond acceptors (Lipinski definition) is 8. The van der Waals surface area contributed by atoms with Crippen molar-refractivity contribution in [2.24, 2.45) is 0 Å². The van der Waals surface area contributed by atoms with Crippen LogP contribution in [0.2, 0.25) is 0 Å². The second kappa shape index (κ2) is 15.9. The van der Waals surface area contributed by atoms with E-state index < -0.39 is 76.0 Å². The van der Waals surface area contributed by atoms with Gasteiger partial charge in [-0.1, -0.05) is 31.2 Å². The molecular formula is C44H47F5N4O6. The zero-order valence-corrected chi connectivity index (χ0v) is 34.0. The first-order valence-corrected chi connectivity index (χ1v) is 19.5. The molecule has 0 N–H and O–H groups in total. The highest BCUT2D eigenvalue weighted by atomic mass is 19.4. The molecule has 0 saturated carbocycles. The third kappa shape index (κ3) is 8.07. The lowest BCUT2D eigenvalue weighted by Crippen LogP contribution is -2.66. The van der Waals surface area contributed by atoms with E-state index in [2.05, 4.69) is 4.98 Å². The number of fused-ring (bicyclic) bond motifs is 5. The summed E-state index contributed by atoms with van der Waals surface area (Å²) in [6, 6.07) is 14.2. The lowest BCUT2D eigenvalue weighted by molar-refractivity contribution is -0.137. The minimum Gasteiger partial charge on any atom is -0.497 e. The summed E-state index contributed by atoms with van der Waals surface area (Å²) in [5.74, 6) is -2.17. The summed E-state index contributed by atoms with van der Waals surface area (Å²) in [4.78, 5) is 36.9. The number of carbonyl (C=O) groups is 2. The van der Waals surface area contributed by atoms with Crippen molar-refractivity contribution in [3.8, 4) is 28.6 Å². The Labute approximate surface area is 339 Å². The first kappa shape index (κ1) is 41.6. The normalized spacial score (nSPS) is 20.0. The molecule has 59 heavy (non-hydrogen) atoms. The molecule has 7 rings (SSSR count). The van der Waals surface area contributed by atoms with Crippen molar-refractivity contribution in [2.75, 3.05) is 25.7 Å². The Hall–Kier alpha value is -5.60. The number of hydrogen-bond donors (Lipinski definition) is 0. The van der Waals surface area contributed by atoms with Crippen molar-refractivity contribution in [3.63, 3.8) is 0 Å². The molecule has 4 aromatic rings. The highest BCUT2D eigenvalue weighted by Gasteiger charge is 2.55. The molecule has 4 atom stereocenters. The van der Waals surface area contributed by atoms with Gasteiger partial charge in [-0.05, 0) is 100 Å². The molecule has 4 unspecified atom stereocenters. The summed E-state index contributed by atoms with van der Waals surface area (Å²) in [5.41, 5.74) is -3.50. The number of aromatic nitrogens is 1. The molecule has 2 amide bonds. The van der Waals surface area contributed by atoms with Crippen LogP contribution in [0.5, 0.6) is 17.4 Å². The average Bonchev–Trinajstić information content (AvgIpc) is 3.45. The van der Waals surface area contributed by atoms with Gasteiger partial charge in [-0.15, -0.1) is 0 Å². The van der Waals surface area contributed by atoms with Gasteiger partial charge in [0.1, 0.15) is 40.3 Å². The number of piperazine rings is 1. The van der Waals surface area contributed by atoms with Crippen molar-refractivity contribution >= 4 is 17.7 Å². The van der Waals surface area contributed by atoms with Crippen LogP contribution in [0.1, 0.15) is 79.6 Å². The molecule has 2 saturated heterocycles. The van der Waals surface area contributed by atoms with E-state index in [0.29, 0.717) is 41.9 Å². The molecule has 0 aliphatic carbocycles. The van der Waals surface area contributed by atoms with Crippen LogP contribution in [0.3, 0.4) is 0 Å². The van der Waals surface area contributed by atoms with Crippen LogP contribution in [-0.2, 0) is 24.0 Å². The van der Waals surface area contributed by atoms with E-state index in [1.165, 1.54) is 14.2 Å². The molecule has 0 radical (unpaired) electrons. The van der Waals surface area contributed by atoms with Gasteiger partial charge in [0.25, 0.3) is 5.91 Å². The van der Waals surface area contributed by atoms with Gasteiger partial charge in [0.2, 0.25) is 5.88 Å². The maximum atomic E-state index is 16.6. The molecule has 1 aromatic heterocycles. The fraction of sp³-hybridized carbons (Fsp3) is 0.432. The van der Waals surface area contributed by atoms with Crippen molar-refractivity contribution in [1.29, 1.82) is 0 Å². The second-order valence-electron chi connectivity index (χ2n) is 16.2. The van der Waals surface area contributed by atoms with E-state index >= 15 is 22.0 Å². The smallest absolute Gasteiger partial charge is 0.417 e. The number of anilines is 1. The highest BCUT2D eigenvalue weighted by Crippen LogP contribution is 2.46. The molecule has 15 heteroatoms. The zero-order valence-electron chi connectivity index (χ0n) is 34.0. The number of pyridine rings is 1. The Morgan fingerprint density at radius 3 is 2.03 bits per heavy atom. The molecule has 2 bridgehead atoms. The molecule has 314 valence electrons. The molecule has 10 nitrogen and oxygen atoms in total. The van der Waals surface area contributed by atoms with Gasteiger partial charge in [0, 0.05) is 25.2 Å². The van der Waals surface area contributed by atoms with E-state index in [0.717, 1.165) is 19.1 Å². The summed E-state index contributed by atoms with van der Waals surface area (Å²) in [6.45, 7) is 8.33. The molecule has 3 aliphatic rings. The third-order valence-electron chi connectivity index (χ3n) is 11.2. The average molecular weight is 823 g/mol. The Bertz CT molecular complexity index is 2180. The Morgan fingerprint density at radius 2 is 1.51 bits per heavy atom. The maximum Gasteiger partial charge on any atom is 0.417 e. The fourth-order valence-electron chi connectivity index (χ4n) is 8.53. The number of alkyl halides is 3. The lowest BCUT2D eigenvalue weighted by atomic mass is 9.95. The van der Waals surface area contributed by atoms with Crippen LogP contribution in [0, 0.1) is 18.6 Å². The summed E-state index contributed by atoms with van der Waals surface area (Å²) >= 11 is 0. The second-order valence-corrected chi connectivity index (χ2v) is 16.2. The Morgan fingerprint density at radius 1 is 0.915 bits per heavy atom. The highest BCUT2D eigenvalue weighted by molar-refractivity contribution is 5.98. The van der Waals surface area contributed by atoms with Crippen LogP contribution in [-0.4, -0.2) is 77.4 Å². The van der Waals surface area contributed by atoms with Gasteiger partial charge in [-0.2, -0.15) is 13.2 Å². The van der Waals surface area contributed by atoms with Gasteiger partial charge < -0.3 is 28.7 Å². The molecule has 2 fully saturated rings. The van der Waals surface area contributed by atoms with Crippen molar-refractivity contribution < 1.29 is 50.5 Å². The molecule has 3 aliphatic heterocycles. The summed E-state index contributed by atoms with van der Waals surface area (Å²) < 4.78 is 101. The van der Waals surface area contributed by atoms with E-state index in [-0.39, 0.29) is 42.8 Å². The predicted octanol–water partition coefficient (Wildman–Crippen LogP) is 9.34. The Balaban J connectivity index is 1.33. The van der Waals surface area contributed by atoms with Crippen LogP contribution in [0.25, 0.3) is 11.3 Å². The van der Waals surface area contributed by atoms with E-state index in [1.54, 1.807) is 84.0 Å². The third-order valence-corrected chi connectivity index (χ3v) is 11.2. The first-order chi connectivity index (χ1) is 27.9. The van der Waals surface area contributed by atoms with Crippen LogP contribution in [0.4, 0.5) is 32.4 Å². The molecule has 3 aromatic carbocycles. The van der Waals surface area contributed by atoms with Crippen LogP contribution in [0.15, 0.2) is 60.7 Å². The minimum atomic E-state index is -5.13. The van der Waals surface area contributed by atoms with Gasteiger partial charge in [0.05, 0.1) is 43.6 Å². The SMILES string of the molecule is CCC1Oc2nc(-c3cc(N(Cc4ccc(OC)cc4)Cc4ccc(OC)cc4)c(F)c(C)c3C(F)(F)F)c(F)cc2C(=O)N2CC3CCC(C12)N3C(=O)OC(C)(C)C. The number of nitrogens with zero attached hydrogens (tertiary/aromatic N) is 4. The summed E-state index contributed by atoms with van der Waals surface area (Å²) in [5, 5.41) is 0. The topological polar surface area (TPSA) is 93.7 Å². The number of amides is 2. The van der Waals surface area contributed by atoms with Crippen molar-refractivity contribution in [2.45, 2.75) is 103 Å². The Kier molecular flexibility index (Phi) is 11.2. The predicted molar refractivity (Wildman–Crippen MR) is 210 cm³/mol. The number of methoxy groups -OCH3 is 2. The van der Waals surface area contributed by atoms with E-state index in [9.17, 15) is 9.59 Å². The molecular weight excluding hydrogens is 775 g/mol. The number of benzene rings is 3. The minimum absolute atomic E-state index is 0.0484. The molecule has 0 spiro atoms. The summed E-state index contributed by atoms with van der Waals surface area (Å²) in [7, 11) is 3.03.